The number of nitrogens with zero attached hydrogens (tertiary/aromatic N) is 3. The molecule has 7 nitrogen and oxygen atoms in total. The third-order valence-electron chi connectivity index (χ3n) is 4.89. The number of aliphatic hydroxyl groups excluding tert-OH is 1. The van der Waals surface area contributed by atoms with Crippen molar-refractivity contribution in [1.29, 1.82) is 0 Å². The Hall–Kier alpha value is -3.28. The Bertz CT molecular complexity index is 1330. The van der Waals surface area contributed by atoms with Crippen LogP contribution in [0.25, 0.3) is 0 Å². The van der Waals surface area contributed by atoms with Crippen LogP contribution in [0.2, 0.25) is 0 Å². The molecule has 0 spiro atoms. The highest BCUT2D eigenvalue weighted by Crippen LogP contribution is 2.45. The number of hydrogen-bond donors (Lipinski definition) is 1. The Morgan fingerprint density at radius 1 is 1.18 bits per heavy atom. The fourth-order valence-corrected chi connectivity index (χ4v) is 6.02. The molecule has 1 N–H and O–H groups in total. The molecule has 3 aromatic heterocycles. The third-order valence-corrected chi connectivity index (χ3v) is 7.94. The van der Waals surface area contributed by atoms with Crippen molar-refractivity contribution in [2.75, 3.05) is 4.90 Å². The van der Waals surface area contributed by atoms with Gasteiger partial charge in [-0.2, -0.15) is 0 Å². The van der Waals surface area contributed by atoms with Crippen molar-refractivity contribution >= 4 is 51.3 Å². The molecule has 5 rings (SSSR count). The van der Waals surface area contributed by atoms with E-state index in [9.17, 15) is 19.1 Å². The zero-order valence-corrected chi connectivity index (χ0v) is 19.1. The minimum atomic E-state index is -0.849. The number of benzene rings is 1. The summed E-state index contributed by atoms with van der Waals surface area (Å²) in [5.74, 6) is -1.66. The van der Waals surface area contributed by atoms with Crippen LogP contribution < -0.4 is 4.90 Å². The maximum atomic E-state index is 13.1. The molecule has 4 aromatic rings. The van der Waals surface area contributed by atoms with E-state index in [4.69, 9.17) is 4.42 Å². The van der Waals surface area contributed by atoms with Crippen LogP contribution in [0, 0.1) is 5.82 Å². The maximum absolute atomic E-state index is 13.1. The molecule has 0 saturated heterocycles. The molecule has 1 aliphatic rings. The first kappa shape index (κ1) is 21.6. The van der Waals surface area contributed by atoms with Crippen LogP contribution in [-0.4, -0.2) is 27.0 Å². The predicted molar refractivity (Wildman–Crippen MR) is 123 cm³/mol. The number of aromatic nitrogens is 2. The summed E-state index contributed by atoms with van der Waals surface area (Å²) in [4.78, 5) is 28.1. The van der Waals surface area contributed by atoms with E-state index in [0.29, 0.717) is 15.0 Å². The van der Waals surface area contributed by atoms with Crippen molar-refractivity contribution < 1.29 is 23.5 Å². The van der Waals surface area contributed by atoms with E-state index in [1.165, 1.54) is 63.8 Å². The zero-order chi connectivity index (χ0) is 22.9. The van der Waals surface area contributed by atoms with Crippen LogP contribution in [0.15, 0.2) is 80.3 Å². The van der Waals surface area contributed by atoms with E-state index >= 15 is 0 Å². The second-order valence-corrected chi connectivity index (χ2v) is 10.1. The average Bonchev–Trinajstić information content (AvgIpc) is 3.62. The molecule has 0 fully saturated rings. The molecule has 0 radical (unpaired) electrons. The summed E-state index contributed by atoms with van der Waals surface area (Å²) in [6.45, 7) is 0. The second-order valence-electron chi connectivity index (χ2n) is 6.93. The monoisotopic (exact) mass is 499 g/mol. The van der Waals surface area contributed by atoms with Gasteiger partial charge in [0.2, 0.25) is 10.9 Å². The van der Waals surface area contributed by atoms with Gasteiger partial charge in [0.15, 0.2) is 15.9 Å². The van der Waals surface area contributed by atoms with Crippen molar-refractivity contribution in [2.24, 2.45) is 0 Å². The standard InChI is InChI=1S/C22H14FN3O4S3/c23-13-7-5-12(6-8-13)11-32-22-25-24-21(33-22)26-17(15-4-2-10-31-15)16(19(28)20(26)29)18(27)14-3-1-9-30-14/h1-10,17,28H,11H2/t17-/m0/s1. The molecular formula is C22H14FN3O4S3. The molecule has 33 heavy (non-hydrogen) atoms. The van der Waals surface area contributed by atoms with Gasteiger partial charge < -0.3 is 9.52 Å². The van der Waals surface area contributed by atoms with E-state index in [2.05, 4.69) is 10.2 Å². The summed E-state index contributed by atoms with van der Waals surface area (Å²) < 4.78 is 18.9. The molecular weight excluding hydrogens is 485 g/mol. The van der Waals surface area contributed by atoms with Gasteiger partial charge in [0.1, 0.15) is 11.9 Å². The quantitative estimate of drug-likeness (QED) is 0.206. The lowest BCUT2D eigenvalue weighted by Gasteiger charge is -2.22. The van der Waals surface area contributed by atoms with Crippen molar-refractivity contribution in [2.45, 2.75) is 16.1 Å². The molecule has 0 bridgehead atoms. The number of amides is 1. The number of carbonyl (C=O) groups is 2. The molecule has 0 aliphatic carbocycles. The minimum Gasteiger partial charge on any atom is -0.503 e. The second kappa shape index (κ2) is 8.93. The van der Waals surface area contributed by atoms with E-state index < -0.39 is 23.5 Å². The highest BCUT2D eigenvalue weighted by molar-refractivity contribution is 8.00. The Morgan fingerprint density at radius 3 is 2.70 bits per heavy atom. The van der Waals surface area contributed by atoms with Gasteiger partial charge in [-0.25, -0.2) is 4.39 Å². The Balaban J connectivity index is 1.44. The Kier molecular flexibility index (Phi) is 5.83. The largest absolute Gasteiger partial charge is 0.503 e. The van der Waals surface area contributed by atoms with Crippen LogP contribution in [0.4, 0.5) is 9.52 Å². The van der Waals surface area contributed by atoms with Gasteiger partial charge in [-0.3, -0.25) is 14.5 Å². The van der Waals surface area contributed by atoms with Crippen molar-refractivity contribution in [3.63, 3.8) is 0 Å². The lowest BCUT2D eigenvalue weighted by Crippen LogP contribution is -2.30. The van der Waals surface area contributed by atoms with Gasteiger partial charge in [0.25, 0.3) is 5.91 Å². The molecule has 1 atom stereocenters. The normalized spacial score (nSPS) is 16.1. The summed E-state index contributed by atoms with van der Waals surface area (Å²) in [7, 11) is 0. The first-order valence-electron chi connectivity index (χ1n) is 9.62. The number of furan rings is 1. The highest BCUT2D eigenvalue weighted by Gasteiger charge is 2.47. The van der Waals surface area contributed by atoms with Crippen LogP contribution in [0.5, 0.6) is 0 Å². The Labute approximate surface area is 199 Å². The van der Waals surface area contributed by atoms with Gasteiger partial charge in [0.05, 0.1) is 11.8 Å². The number of Topliss-reactive ketones (excluding diaryl/α,β-unsaturated/α-hetero) is 1. The number of anilines is 1. The summed E-state index contributed by atoms with van der Waals surface area (Å²) in [5, 5.41) is 21.0. The fraction of sp³-hybridized carbons (Fsp3) is 0.0909. The van der Waals surface area contributed by atoms with Gasteiger partial charge in [-0.1, -0.05) is 41.3 Å². The SMILES string of the molecule is O=C(C1=C(O)C(=O)N(c2nnc(SCc3ccc(F)cc3)s2)[C@H]1c1cccs1)c1ccco1. The van der Waals surface area contributed by atoms with E-state index in [0.717, 1.165) is 5.56 Å². The molecule has 1 aliphatic heterocycles. The van der Waals surface area contributed by atoms with Gasteiger partial charge >= 0.3 is 0 Å². The van der Waals surface area contributed by atoms with E-state index in [-0.39, 0.29) is 22.3 Å². The fourth-order valence-electron chi connectivity index (χ4n) is 3.37. The molecule has 11 heteroatoms. The summed E-state index contributed by atoms with van der Waals surface area (Å²) in [6.07, 6.45) is 1.36. The van der Waals surface area contributed by atoms with Crippen LogP contribution in [0.1, 0.15) is 27.0 Å². The van der Waals surface area contributed by atoms with E-state index in [1.807, 2.05) is 5.38 Å². The number of ketones is 1. The lowest BCUT2D eigenvalue weighted by molar-refractivity contribution is -0.117. The number of rotatable bonds is 7. The third kappa shape index (κ3) is 4.10. The summed E-state index contributed by atoms with van der Waals surface area (Å²) in [6, 6.07) is 11.9. The molecule has 1 amide bonds. The van der Waals surface area contributed by atoms with Gasteiger partial charge in [-0.05, 0) is 41.3 Å². The van der Waals surface area contributed by atoms with Gasteiger partial charge in [0, 0.05) is 10.6 Å². The van der Waals surface area contributed by atoms with Crippen molar-refractivity contribution in [3.05, 3.63) is 93.5 Å². The Morgan fingerprint density at radius 2 is 2.00 bits per heavy atom. The highest BCUT2D eigenvalue weighted by atomic mass is 32.2. The smallest absolute Gasteiger partial charge is 0.296 e. The molecule has 0 saturated carbocycles. The zero-order valence-electron chi connectivity index (χ0n) is 16.7. The number of aliphatic hydroxyl groups is 1. The van der Waals surface area contributed by atoms with Gasteiger partial charge in [-0.15, -0.1) is 21.5 Å². The topological polar surface area (TPSA) is 96.5 Å². The van der Waals surface area contributed by atoms with Crippen LogP contribution >= 0.6 is 34.4 Å². The molecule has 166 valence electrons. The minimum absolute atomic E-state index is 0.0283. The number of carbonyl (C=O) groups excluding carboxylic acids is 2. The maximum Gasteiger partial charge on any atom is 0.296 e. The summed E-state index contributed by atoms with van der Waals surface area (Å²) >= 11 is 3.92. The first-order chi connectivity index (χ1) is 16.0. The lowest BCUT2D eigenvalue weighted by atomic mass is 10.0. The number of hydrogen-bond acceptors (Lipinski definition) is 9. The van der Waals surface area contributed by atoms with Crippen LogP contribution in [0.3, 0.4) is 0 Å². The van der Waals surface area contributed by atoms with Crippen LogP contribution in [-0.2, 0) is 10.5 Å². The summed E-state index contributed by atoms with van der Waals surface area (Å²) in [5.41, 5.74) is 0.852. The first-order valence-corrected chi connectivity index (χ1v) is 12.3. The molecule has 0 unspecified atom stereocenters. The number of halogens is 1. The predicted octanol–water partition coefficient (Wildman–Crippen LogP) is 5.41. The molecule has 4 heterocycles. The number of thioether (sulfide) groups is 1. The molecule has 1 aromatic carbocycles. The van der Waals surface area contributed by atoms with Crippen molar-refractivity contribution in [1.82, 2.24) is 10.2 Å². The van der Waals surface area contributed by atoms with E-state index in [1.54, 1.807) is 30.3 Å². The van der Waals surface area contributed by atoms with Crippen molar-refractivity contribution in [3.8, 4) is 0 Å². The number of thiophene rings is 1. The average molecular weight is 500 g/mol.